The van der Waals surface area contributed by atoms with Crippen molar-refractivity contribution in [3.8, 4) is 0 Å². The van der Waals surface area contributed by atoms with Gasteiger partial charge < -0.3 is 15.2 Å². The van der Waals surface area contributed by atoms with Crippen LogP contribution >= 0.6 is 0 Å². The second kappa shape index (κ2) is 6.17. The van der Waals surface area contributed by atoms with Gasteiger partial charge >= 0.3 is 6.03 Å². The summed E-state index contributed by atoms with van der Waals surface area (Å²) in [6, 6.07) is 1.00. The van der Waals surface area contributed by atoms with Gasteiger partial charge in [-0.05, 0) is 20.3 Å². The Morgan fingerprint density at radius 3 is 2.82 bits per heavy atom. The van der Waals surface area contributed by atoms with Crippen LogP contribution in [0, 0.1) is 6.92 Å². The van der Waals surface area contributed by atoms with Gasteiger partial charge in [0.1, 0.15) is 17.8 Å². The van der Waals surface area contributed by atoms with Crippen molar-refractivity contribution in [3.63, 3.8) is 0 Å². The highest BCUT2D eigenvalue weighted by Crippen LogP contribution is 2.23. The molecule has 1 aromatic heterocycles. The van der Waals surface area contributed by atoms with Crippen LogP contribution in [0.3, 0.4) is 0 Å². The van der Waals surface area contributed by atoms with Gasteiger partial charge in [0, 0.05) is 6.07 Å². The topological polar surface area (TPSA) is 105 Å². The third kappa shape index (κ3) is 3.26. The van der Waals surface area contributed by atoms with E-state index >= 15 is 0 Å². The van der Waals surface area contributed by atoms with Gasteiger partial charge in [0.05, 0.1) is 0 Å². The molecule has 0 aliphatic carbocycles. The summed E-state index contributed by atoms with van der Waals surface area (Å²) in [4.78, 5) is 37.2. The average Bonchev–Trinajstić information content (AvgIpc) is 2.94. The Balaban J connectivity index is 1.98. The molecule has 4 amide bonds. The normalized spacial score (nSPS) is 21.1. The molecule has 0 unspecified atom stereocenters. The van der Waals surface area contributed by atoms with E-state index in [-0.39, 0.29) is 18.3 Å². The summed E-state index contributed by atoms with van der Waals surface area (Å²) in [5.41, 5.74) is -0.933. The molecule has 8 nitrogen and oxygen atoms in total. The monoisotopic (exact) mass is 308 g/mol. The SMILES string of the molecule is CCCC[C@@]1(C)NC(=O)N(CC(=O)Nc2cc(C)on2)C1=O. The van der Waals surface area contributed by atoms with E-state index in [4.69, 9.17) is 4.52 Å². The Bertz CT molecular complexity index is 597. The highest BCUT2D eigenvalue weighted by molar-refractivity contribution is 6.09. The van der Waals surface area contributed by atoms with E-state index in [0.29, 0.717) is 12.2 Å². The largest absolute Gasteiger partial charge is 0.360 e. The summed E-state index contributed by atoms with van der Waals surface area (Å²) in [5.74, 6) is -0.0743. The van der Waals surface area contributed by atoms with Crippen molar-refractivity contribution < 1.29 is 18.9 Å². The maximum Gasteiger partial charge on any atom is 0.325 e. The number of anilines is 1. The summed E-state index contributed by atoms with van der Waals surface area (Å²) in [6.07, 6.45) is 2.29. The highest BCUT2D eigenvalue weighted by atomic mass is 16.5. The maximum atomic E-state index is 12.4. The lowest BCUT2D eigenvalue weighted by Crippen LogP contribution is -2.44. The number of urea groups is 1. The van der Waals surface area contributed by atoms with Crippen LogP contribution in [0.25, 0.3) is 0 Å². The molecule has 120 valence electrons. The second-order valence-corrected chi connectivity index (χ2v) is 5.63. The number of nitrogens with zero attached hydrogens (tertiary/aromatic N) is 2. The van der Waals surface area contributed by atoms with E-state index in [1.807, 2.05) is 6.92 Å². The molecule has 0 radical (unpaired) electrons. The van der Waals surface area contributed by atoms with Gasteiger partial charge in [-0.1, -0.05) is 24.9 Å². The fourth-order valence-electron chi connectivity index (χ4n) is 2.34. The van der Waals surface area contributed by atoms with Crippen LogP contribution in [0.2, 0.25) is 0 Å². The third-order valence-corrected chi connectivity index (χ3v) is 3.57. The number of aromatic nitrogens is 1. The van der Waals surface area contributed by atoms with E-state index in [1.165, 1.54) is 0 Å². The molecule has 0 aromatic carbocycles. The van der Waals surface area contributed by atoms with Crippen LogP contribution in [-0.2, 0) is 9.59 Å². The number of rotatable bonds is 6. The number of amides is 4. The van der Waals surface area contributed by atoms with Gasteiger partial charge in [-0.25, -0.2) is 4.79 Å². The van der Waals surface area contributed by atoms with Crippen molar-refractivity contribution in [2.45, 2.75) is 45.6 Å². The van der Waals surface area contributed by atoms with E-state index in [2.05, 4.69) is 15.8 Å². The predicted octanol–water partition coefficient (Wildman–Crippen LogP) is 1.42. The van der Waals surface area contributed by atoms with Crippen molar-refractivity contribution >= 4 is 23.7 Å². The first-order valence-corrected chi connectivity index (χ1v) is 7.23. The maximum absolute atomic E-state index is 12.4. The number of unbranched alkanes of at least 4 members (excludes halogenated alkanes) is 1. The number of hydrogen-bond acceptors (Lipinski definition) is 5. The van der Waals surface area contributed by atoms with Gasteiger partial charge in [-0.3, -0.25) is 14.5 Å². The van der Waals surface area contributed by atoms with Crippen molar-refractivity contribution in [2.75, 3.05) is 11.9 Å². The third-order valence-electron chi connectivity index (χ3n) is 3.57. The first-order valence-electron chi connectivity index (χ1n) is 7.23. The molecule has 1 aliphatic heterocycles. The van der Waals surface area contributed by atoms with Crippen LogP contribution < -0.4 is 10.6 Å². The van der Waals surface area contributed by atoms with E-state index < -0.39 is 17.5 Å². The molecular formula is C14H20N4O4. The fraction of sp³-hybridized carbons (Fsp3) is 0.571. The second-order valence-electron chi connectivity index (χ2n) is 5.63. The molecule has 1 fully saturated rings. The number of carbonyl (C=O) groups excluding carboxylic acids is 3. The summed E-state index contributed by atoms with van der Waals surface area (Å²) in [5, 5.41) is 8.77. The van der Waals surface area contributed by atoms with Gasteiger partial charge in [0.15, 0.2) is 5.82 Å². The number of hydrogen-bond donors (Lipinski definition) is 2. The van der Waals surface area contributed by atoms with Gasteiger partial charge in [0.2, 0.25) is 5.91 Å². The van der Waals surface area contributed by atoms with Crippen LogP contribution in [-0.4, -0.2) is 40.0 Å². The number of carbonyl (C=O) groups is 3. The Morgan fingerprint density at radius 2 is 2.23 bits per heavy atom. The summed E-state index contributed by atoms with van der Waals surface area (Å²) < 4.78 is 4.83. The lowest BCUT2D eigenvalue weighted by molar-refractivity contribution is -0.133. The number of nitrogens with one attached hydrogen (secondary N) is 2. The van der Waals surface area contributed by atoms with Crippen molar-refractivity contribution in [1.82, 2.24) is 15.4 Å². The lowest BCUT2D eigenvalue weighted by atomic mass is 9.95. The Hall–Kier alpha value is -2.38. The van der Waals surface area contributed by atoms with Crippen molar-refractivity contribution in [2.24, 2.45) is 0 Å². The molecule has 0 bridgehead atoms. The molecule has 0 spiro atoms. The minimum Gasteiger partial charge on any atom is -0.360 e. The quantitative estimate of drug-likeness (QED) is 0.773. The summed E-state index contributed by atoms with van der Waals surface area (Å²) in [6.45, 7) is 5.04. The molecular weight excluding hydrogens is 288 g/mol. The standard InChI is InChI=1S/C14H20N4O4/c1-4-5-6-14(3)12(20)18(13(21)16-14)8-11(19)15-10-7-9(2)22-17-10/h7H,4-6,8H2,1-3H3,(H,16,21)(H,15,17,19)/t14-/m1/s1. The molecule has 8 heteroatoms. The fourth-order valence-corrected chi connectivity index (χ4v) is 2.34. The van der Waals surface area contributed by atoms with Crippen molar-refractivity contribution in [1.29, 1.82) is 0 Å². The molecule has 0 saturated carbocycles. The van der Waals surface area contributed by atoms with Crippen LogP contribution in [0.1, 0.15) is 38.9 Å². The zero-order chi connectivity index (χ0) is 16.3. The summed E-state index contributed by atoms with van der Waals surface area (Å²) in [7, 11) is 0. The molecule has 1 saturated heterocycles. The van der Waals surface area contributed by atoms with E-state index in [9.17, 15) is 14.4 Å². The van der Waals surface area contributed by atoms with Crippen LogP contribution in [0.4, 0.5) is 10.6 Å². The molecule has 2 rings (SSSR count). The Kier molecular flexibility index (Phi) is 4.48. The zero-order valence-electron chi connectivity index (χ0n) is 12.9. The molecule has 1 aromatic rings. The first-order chi connectivity index (χ1) is 10.4. The molecule has 2 heterocycles. The van der Waals surface area contributed by atoms with Gasteiger partial charge in [0.25, 0.3) is 5.91 Å². The van der Waals surface area contributed by atoms with Crippen molar-refractivity contribution in [3.05, 3.63) is 11.8 Å². The average molecular weight is 308 g/mol. The van der Waals surface area contributed by atoms with Gasteiger partial charge in [-0.15, -0.1) is 0 Å². The zero-order valence-corrected chi connectivity index (χ0v) is 12.9. The predicted molar refractivity (Wildman–Crippen MR) is 78.0 cm³/mol. The highest BCUT2D eigenvalue weighted by Gasteiger charge is 2.47. The smallest absolute Gasteiger partial charge is 0.325 e. The Morgan fingerprint density at radius 1 is 1.50 bits per heavy atom. The van der Waals surface area contributed by atoms with Crippen LogP contribution in [0.5, 0.6) is 0 Å². The number of aryl methyl sites for hydroxylation is 1. The Labute approximate surface area is 128 Å². The van der Waals surface area contributed by atoms with Gasteiger partial charge in [-0.2, -0.15) is 0 Å². The minimum atomic E-state index is -0.933. The molecule has 1 atom stereocenters. The molecule has 22 heavy (non-hydrogen) atoms. The van der Waals surface area contributed by atoms with E-state index in [1.54, 1.807) is 19.9 Å². The molecule has 1 aliphatic rings. The van der Waals surface area contributed by atoms with Crippen LogP contribution in [0.15, 0.2) is 10.6 Å². The summed E-state index contributed by atoms with van der Waals surface area (Å²) >= 11 is 0. The first kappa shape index (κ1) is 16.0. The van der Waals surface area contributed by atoms with E-state index in [0.717, 1.165) is 17.7 Å². The molecule has 2 N–H and O–H groups in total. The number of imide groups is 1. The lowest BCUT2D eigenvalue weighted by Gasteiger charge is -2.21. The minimum absolute atomic E-state index is 0.253.